The summed E-state index contributed by atoms with van der Waals surface area (Å²) in [6.45, 7) is 32.8. The monoisotopic (exact) mass is 1970 g/mol. The van der Waals surface area contributed by atoms with Gasteiger partial charge in [0, 0.05) is 54.7 Å². The summed E-state index contributed by atoms with van der Waals surface area (Å²) < 4.78 is 105. The molecule has 46 nitrogen and oxygen atoms in total. The largest absolute Gasteiger partial charge is 0.499 e. The van der Waals surface area contributed by atoms with Gasteiger partial charge in [-0.05, 0) is 195 Å². The van der Waals surface area contributed by atoms with Crippen LogP contribution in [0.2, 0.25) is 0 Å². The number of ether oxygens (including phenoxy) is 10. The molecule has 0 saturated carbocycles. The minimum atomic E-state index is -3.53. The topological polar surface area (TPSA) is 627 Å². The molecule has 0 radical (unpaired) electrons. The summed E-state index contributed by atoms with van der Waals surface area (Å²) in [5, 5.41) is 83.5. The molecule has 4 aliphatic heterocycles. The number of nitrogens with zero attached hydrogens (tertiary/aromatic N) is 3. The summed E-state index contributed by atoms with van der Waals surface area (Å²) in [6.07, 6.45) is -3.17. The van der Waals surface area contributed by atoms with Crippen molar-refractivity contribution in [2.75, 3.05) is 73.0 Å². The lowest BCUT2D eigenvalue weighted by Crippen LogP contribution is -2.41. The van der Waals surface area contributed by atoms with E-state index in [1.807, 2.05) is 27.7 Å². The van der Waals surface area contributed by atoms with Crippen LogP contribution in [0.1, 0.15) is 194 Å². The highest BCUT2D eigenvalue weighted by Crippen LogP contribution is 2.38. The molecule has 730 valence electrons. The van der Waals surface area contributed by atoms with E-state index in [2.05, 4.69) is 52.0 Å². The Morgan fingerprint density at radius 3 is 1.02 bits per heavy atom. The van der Waals surface area contributed by atoms with Crippen molar-refractivity contribution in [3.8, 4) is 28.7 Å². The smallest absolute Gasteiger partial charge is 0.479 e. The van der Waals surface area contributed by atoms with E-state index in [9.17, 15) is 92.2 Å². The highest BCUT2D eigenvalue weighted by atomic mass is 79.9. The first-order valence-corrected chi connectivity index (χ1v) is 42.4. The predicted molar refractivity (Wildman–Crippen MR) is 484 cm³/mol. The van der Waals surface area contributed by atoms with Gasteiger partial charge in [-0.15, -0.1) is 12.4 Å². The highest BCUT2D eigenvalue weighted by Gasteiger charge is 2.53. The fraction of sp³-hybridized carbons (Fsp3) is 0.519. The van der Waals surface area contributed by atoms with E-state index in [0.717, 1.165) is 18.8 Å². The summed E-state index contributed by atoms with van der Waals surface area (Å²) in [4.78, 5) is 119. The number of nitro groups is 3. The van der Waals surface area contributed by atoms with Crippen LogP contribution in [0, 0.1) is 30.3 Å². The first-order chi connectivity index (χ1) is 60.5. The maximum absolute atomic E-state index is 11.8. The van der Waals surface area contributed by atoms with Crippen molar-refractivity contribution in [1.82, 2.24) is 31.9 Å². The van der Waals surface area contributed by atoms with Crippen LogP contribution in [0.5, 0.6) is 28.7 Å². The molecule has 6 amide bonds. The highest BCUT2D eigenvalue weighted by molar-refractivity contribution is 9.10. The molecule has 5 aromatic rings. The van der Waals surface area contributed by atoms with Crippen molar-refractivity contribution in [3.63, 3.8) is 0 Å². The number of rotatable bonds is 27. The van der Waals surface area contributed by atoms with E-state index >= 15 is 0 Å². The van der Waals surface area contributed by atoms with Crippen molar-refractivity contribution in [3.05, 3.63) is 154 Å². The van der Waals surface area contributed by atoms with Crippen molar-refractivity contribution >= 4 is 138 Å². The second kappa shape index (κ2) is 53.0. The zero-order valence-electron chi connectivity index (χ0n) is 76.9. The summed E-state index contributed by atoms with van der Waals surface area (Å²) in [6, 6.07) is 24.8. The molecule has 9 rings (SSSR count). The Balaban J connectivity index is 0.000000529. The SMILES string of the molecule is CC(=O)NCOc1cccc2c1B(O)OC2C[N+](=O)[O-].CC(C)(C)OC(=O)NCO.CC(C)(C)OC(=O)NCOS(C)(=O)=O.CC(C)(C)OC(=O)NCOc1cccc(C=O)c1B1OC(C)(C)C(C)(C)O1.CC(C)(C)OC(=O)NCOc1cccc(C=O)c1Br.CC(C)(C)OC(=O)NCOc1cccc2c1B(O)OC2C[N+](=O)[O-].Cl.NCOc1cccc2c1B(O)OC2C[N+](=O)[O-]. The summed E-state index contributed by atoms with van der Waals surface area (Å²) in [5.74, 6) is 1.62. The molecule has 0 bridgehead atoms. The van der Waals surface area contributed by atoms with Gasteiger partial charge in [0.2, 0.25) is 25.5 Å². The third-order valence-electron chi connectivity index (χ3n) is 16.6. The summed E-state index contributed by atoms with van der Waals surface area (Å²) in [7, 11) is -8.09. The maximum Gasteiger partial charge on any atom is 0.499 e. The summed E-state index contributed by atoms with van der Waals surface area (Å²) >= 11 is 3.26. The van der Waals surface area contributed by atoms with Crippen LogP contribution in [-0.2, 0) is 66.1 Å². The van der Waals surface area contributed by atoms with Gasteiger partial charge in [-0.2, -0.15) is 8.42 Å². The number of nitrogens with one attached hydrogen (secondary N) is 6. The average Bonchev–Trinajstić information content (AvgIpc) is 1.61. The Hall–Kier alpha value is -11.0. The van der Waals surface area contributed by atoms with Gasteiger partial charge in [-0.1, -0.05) is 60.7 Å². The number of amides is 6. The zero-order valence-corrected chi connectivity index (χ0v) is 80.1. The van der Waals surface area contributed by atoms with E-state index in [0.29, 0.717) is 77.1 Å². The second-order valence-corrected chi connectivity index (χ2v) is 36.2. The van der Waals surface area contributed by atoms with Gasteiger partial charge in [0.15, 0.2) is 33.2 Å². The molecule has 3 unspecified atom stereocenters. The first-order valence-electron chi connectivity index (χ1n) is 39.8. The van der Waals surface area contributed by atoms with Crippen molar-refractivity contribution < 1.29 is 157 Å². The fourth-order valence-electron chi connectivity index (χ4n) is 10.8. The number of carbonyl (C=O) groups excluding carboxylic acids is 8. The predicted octanol–water partition coefficient (Wildman–Crippen LogP) is 5.90. The maximum atomic E-state index is 11.8. The van der Waals surface area contributed by atoms with Crippen LogP contribution in [0.25, 0.3) is 0 Å². The molecular formula is C79H116B4BrClN10O36S. The molecule has 3 atom stereocenters. The number of benzene rings is 5. The van der Waals surface area contributed by atoms with Gasteiger partial charge in [0.05, 0.1) is 21.9 Å². The van der Waals surface area contributed by atoms with Crippen LogP contribution < -0.4 is 83.2 Å². The van der Waals surface area contributed by atoms with Gasteiger partial charge >= 0.3 is 58.9 Å². The number of halogens is 2. The quantitative estimate of drug-likeness (QED) is 0.00554. The van der Waals surface area contributed by atoms with Crippen LogP contribution in [0.3, 0.4) is 0 Å². The van der Waals surface area contributed by atoms with E-state index in [1.165, 1.54) is 6.92 Å². The molecule has 53 heteroatoms. The lowest BCUT2D eigenvalue weighted by atomic mass is 9.75. The van der Waals surface area contributed by atoms with E-state index < -0.39 is 174 Å². The lowest BCUT2D eigenvalue weighted by molar-refractivity contribution is -0.490. The number of carbonyl (C=O) groups is 8. The number of aldehydes is 2. The molecule has 132 heavy (non-hydrogen) atoms. The minimum Gasteiger partial charge on any atom is -0.479 e. The second-order valence-electron chi connectivity index (χ2n) is 33.7. The zero-order chi connectivity index (χ0) is 99.5. The Kier molecular flexibility index (Phi) is 47.0. The molecule has 12 N–H and O–H groups in total. The van der Waals surface area contributed by atoms with Gasteiger partial charge < -0.3 is 96.1 Å². The summed E-state index contributed by atoms with van der Waals surface area (Å²) in [5.41, 5.74) is 5.34. The number of hydrogen-bond acceptors (Lipinski definition) is 37. The van der Waals surface area contributed by atoms with Crippen LogP contribution in [0.4, 0.5) is 24.0 Å². The van der Waals surface area contributed by atoms with Gasteiger partial charge in [-0.3, -0.25) is 77.0 Å². The Morgan fingerprint density at radius 2 is 0.735 bits per heavy atom. The number of fused-ring (bicyclic) bond motifs is 3. The van der Waals surface area contributed by atoms with Crippen molar-refractivity contribution in [2.45, 2.75) is 196 Å². The van der Waals surface area contributed by atoms with Crippen LogP contribution in [0.15, 0.2) is 95.5 Å². The Morgan fingerprint density at radius 1 is 0.462 bits per heavy atom. The van der Waals surface area contributed by atoms with Crippen LogP contribution in [-0.4, -0.2) is 233 Å². The van der Waals surface area contributed by atoms with E-state index in [4.69, 9.17) is 81.5 Å². The third-order valence-corrected chi connectivity index (χ3v) is 18.0. The van der Waals surface area contributed by atoms with E-state index in [-0.39, 0.29) is 57.7 Å². The Labute approximate surface area is 779 Å². The van der Waals surface area contributed by atoms with E-state index in [1.54, 1.807) is 195 Å². The van der Waals surface area contributed by atoms with Gasteiger partial charge in [0.1, 0.15) is 102 Å². The molecule has 1 saturated heterocycles. The number of hydrogen-bond donors (Lipinski definition) is 11. The molecule has 5 aromatic carbocycles. The number of aliphatic hydroxyl groups is 1. The number of alkyl carbamates (subject to hydrolysis) is 5. The van der Waals surface area contributed by atoms with Crippen molar-refractivity contribution in [2.24, 2.45) is 5.73 Å². The minimum absolute atomic E-state index is 0. The normalized spacial score (nSPS) is 15.2. The molecule has 4 aliphatic rings. The number of aliphatic hydroxyl groups excluding tert-OH is 1. The van der Waals surface area contributed by atoms with Gasteiger partial charge in [0.25, 0.3) is 10.1 Å². The first kappa shape index (κ1) is 117. The van der Waals surface area contributed by atoms with Crippen molar-refractivity contribution in [1.29, 1.82) is 0 Å². The lowest BCUT2D eigenvalue weighted by Gasteiger charge is -2.32. The van der Waals surface area contributed by atoms with Crippen LogP contribution >= 0.6 is 28.3 Å². The van der Waals surface area contributed by atoms with Gasteiger partial charge in [-0.25, -0.2) is 28.2 Å². The molecule has 0 aromatic heterocycles. The molecule has 0 spiro atoms. The third kappa shape index (κ3) is 43.1. The average molecular weight is 1970 g/mol. The standard InChI is InChI=1S/C19H28BNO6.C14H19BN2O7.C13H16BrNO4.C11H13BN2O6.C9H11BN2O5.C7H15NO5S.C6H13NO3.ClH/c1-17(2,3)25-16(23)21-12-24-14-10-8-9-13(11-22)15(14)20-26-18(4,5)19(6,7)27-20;1-14(2,3)23-13(18)16-8-22-10-6-4-5-9-11(7-17(20)21)24-15(19)12(9)10;1-13(2,3)19-12(17)15-8-18-10-6-4-5-9(7-16)11(10)14;1-7(15)13-6-19-9-4-2-3-8-10(5-14(17)18)20-12(16)11(8)9;11-5-16-7-3-1-2-6-8(4-12(14)15)17-10(13)9(6)7;1-7(2,3)13-6(9)8-5-12-14(4,10)11;1-6(2,3)10-5(9)7-4-8;/h8-11H,12H2,1-7H3,(H,21,23);4-6,11,19H,7-8H2,1-3H3,(H,16,18);4-7H,8H2,1-3H3,(H,15,17);2-4,10,16H,5-6H2,1H3,(H,13,15);1-3,8,13H,4-5,11H2;5H2,1-4H3,(H,8,9);8H,4H2,1-3H3,(H,7,9);1H. The molecular weight excluding hydrogens is 1860 g/mol. The fourth-order valence-corrected chi connectivity index (χ4v) is 11.5. The molecule has 4 heterocycles. The molecule has 1 fully saturated rings. The Bertz CT molecular complexity index is 4790. The number of nitrogens with two attached hydrogens (primary N) is 1. The molecule has 0 aliphatic carbocycles.